The minimum Gasteiger partial charge on any atom is -0.454 e. The van der Waals surface area contributed by atoms with Crippen LogP contribution >= 0.6 is 11.3 Å². The van der Waals surface area contributed by atoms with Crippen molar-refractivity contribution in [2.45, 2.75) is 25.9 Å². The van der Waals surface area contributed by atoms with E-state index in [1.807, 2.05) is 30.5 Å². The molecule has 22 heavy (non-hydrogen) atoms. The van der Waals surface area contributed by atoms with Gasteiger partial charge in [-0.2, -0.15) is 11.3 Å². The minimum atomic E-state index is -0.166. The number of rotatable bonds is 5. The normalized spacial score (nSPS) is 13.7. The van der Waals surface area contributed by atoms with Crippen molar-refractivity contribution in [1.82, 2.24) is 10.6 Å². The summed E-state index contributed by atoms with van der Waals surface area (Å²) in [5, 5.41) is 9.94. The van der Waals surface area contributed by atoms with Gasteiger partial charge in [-0.05, 0) is 53.4 Å². The SMILES string of the molecule is CC(Cc1ccsc1)NC(=O)NCc1ccc2c(c1)OCO2. The molecular weight excluding hydrogens is 300 g/mol. The highest BCUT2D eigenvalue weighted by Gasteiger charge is 2.13. The summed E-state index contributed by atoms with van der Waals surface area (Å²) in [5.41, 5.74) is 2.22. The zero-order valence-corrected chi connectivity index (χ0v) is 13.1. The van der Waals surface area contributed by atoms with Gasteiger partial charge in [-0.3, -0.25) is 0 Å². The molecule has 1 aliphatic rings. The molecule has 0 saturated heterocycles. The van der Waals surface area contributed by atoms with Gasteiger partial charge in [0.25, 0.3) is 0 Å². The molecule has 2 amide bonds. The molecule has 0 spiro atoms. The molecule has 3 rings (SSSR count). The Morgan fingerprint density at radius 2 is 2.14 bits per heavy atom. The van der Waals surface area contributed by atoms with Gasteiger partial charge >= 0.3 is 6.03 Å². The summed E-state index contributed by atoms with van der Waals surface area (Å²) in [6.45, 7) is 2.71. The number of fused-ring (bicyclic) bond motifs is 1. The fourth-order valence-electron chi connectivity index (χ4n) is 2.32. The Bertz CT molecular complexity index is 643. The van der Waals surface area contributed by atoms with Gasteiger partial charge in [0.15, 0.2) is 11.5 Å². The largest absolute Gasteiger partial charge is 0.454 e. The Labute approximate surface area is 133 Å². The summed E-state index contributed by atoms with van der Waals surface area (Å²) in [6, 6.07) is 7.66. The van der Waals surface area contributed by atoms with Crippen molar-refractivity contribution in [2.75, 3.05) is 6.79 Å². The van der Waals surface area contributed by atoms with E-state index in [1.54, 1.807) is 11.3 Å². The molecule has 0 radical (unpaired) electrons. The van der Waals surface area contributed by atoms with Crippen molar-refractivity contribution in [3.05, 3.63) is 46.2 Å². The molecule has 1 atom stereocenters. The summed E-state index contributed by atoms with van der Waals surface area (Å²) < 4.78 is 10.6. The Morgan fingerprint density at radius 3 is 2.95 bits per heavy atom. The van der Waals surface area contributed by atoms with Gasteiger partial charge in [-0.1, -0.05) is 6.07 Å². The highest BCUT2D eigenvalue weighted by atomic mass is 32.1. The quantitative estimate of drug-likeness (QED) is 0.891. The molecule has 2 aromatic rings. The monoisotopic (exact) mass is 318 g/mol. The van der Waals surface area contributed by atoms with Gasteiger partial charge in [0.2, 0.25) is 6.79 Å². The number of carbonyl (C=O) groups excluding carboxylic acids is 1. The molecule has 0 saturated carbocycles. The van der Waals surface area contributed by atoms with Crippen molar-refractivity contribution in [3.63, 3.8) is 0 Å². The highest BCUT2D eigenvalue weighted by molar-refractivity contribution is 7.07. The molecule has 1 aliphatic heterocycles. The maximum Gasteiger partial charge on any atom is 0.315 e. The summed E-state index contributed by atoms with van der Waals surface area (Å²) >= 11 is 1.67. The van der Waals surface area contributed by atoms with Crippen LogP contribution in [0.25, 0.3) is 0 Å². The number of hydrogen-bond donors (Lipinski definition) is 2. The molecule has 1 unspecified atom stereocenters. The second kappa shape index (κ2) is 6.70. The fourth-order valence-corrected chi connectivity index (χ4v) is 3.00. The van der Waals surface area contributed by atoms with Crippen LogP contribution in [0.2, 0.25) is 0 Å². The molecule has 0 bridgehead atoms. The molecule has 1 aromatic heterocycles. The first kappa shape index (κ1) is 14.7. The first-order valence-corrected chi connectivity index (χ1v) is 8.09. The smallest absolute Gasteiger partial charge is 0.315 e. The standard InChI is InChI=1S/C16H18N2O3S/c1-11(6-13-4-5-22-9-13)18-16(19)17-8-12-2-3-14-15(7-12)21-10-20-14/h2-5,7,9,11H,6,8,10H2,1H3,(H2,17,18,19). The molecule has 2 N–H and O–H groups in total. The van der Waals surface area contributed by atoms with Crippen LogP contribution in [-0.2, 0) is 13.0 Å². The zero-order chi connectivity index (χ0) is 15.4. The number of nitrogens with one attached hydrogen (secondary N) is 2. The van der Waals surface area contributed by atoms with Crippen molar-refractivity contribution >= 4 is 17.4 Å². The van der Waals surface area contributed by atoms with Crippen LogP contribution in [0.1, 0.15) is 18.1 Å². The highest BCUT2D eigenvalue weighted by Crippen LogP contribution is 2.32. The van der Waals surface area contributed by atoms with Gasteiger partial charge in [-0.25, -0.2) is 4.79 Å². The van der Waals surface area contributed by atoms with Gasteiger partial charge < -0.3 is 20.1 Å². The Balaban J connectivity index is 1.46. The Hall–Kier alpha value is -2.21. The number of amides is 2. The van der Waals surface area contributed by atoms with Gasteiger partial charge in [0, 0.05) is 12.6 Å². The van der Waals surface area contributed by atoms with E-state index in [4.69, 9.17) is 9.47 Å². The zero-order valence-electron chi connectivity index (χ0n) is 12.3. The van der Waals surface area contributed by atoms with Crippen LogP contribution < -0.4 is 20.1 Å². The summed E-state index contributed by atoms with van der Waals surface area (Å²) in [6.07, 6.45) is 0.834. The molecule has 5 nitrogen and oxygen atoms in total. The fraction of sp³-hybridized carbons (Fsp3) is 0.312. The number of thiophene rings is 1. The lowest BCUT2D eigenvalue weighted by Gasteiger charge is -2.14. The topological polar surface area (TPSA) is 59.6 Å². The average Bonchev–Trinajstić information content (AvgIpc) is 3.15. The molecule has 6 heteroatoms. The third-order valence-electron chi connectivity index (χ3n) is 3.39. The number of carbonyl (C=O) groups is 1. The third kappa shape index (κ3) is 3.71. The Morgan fingerprint density at radius 1 is 1.27 bits per heavy atom. The number of benzene rings is 1. The van der Waals surface area contributed by atoms with E-state index in [9.17, 15) is 4.79 Å². The predicted octanol–water partition coefficient (Wildman–Crippen LogP) is 2.91. The Kier molecular flexibility index (Phi) is 4.48. The van der Waals surface area contributed by atoms with Gasteiger partial charge in [0.1, 0.15) is 0 Å². The maximum atomic E-state index is 11.9. The van der Waals surface area contributed by atoms with Gasteiger partial charge in [0.05, 0.1) is 0 Å². The number of hydrogen-bond acceptors (Lipinski definition) is 4. The van der Waals surface area contributed by atoms with E-state index >= 15 is 0 Å². The van der Waals surface area contributed by atoms with Crippen LogP contribution in [-0.4, -0.2) is 18.9 Å². The summed E-state index contributed by atoms with van der Waals surface area (Å²) in [4.78, 5) is 11.9. The van der Waals surface area contributed by atoms with E-state index in [1.165, 1.54) is 5.56 Å². The lowest BCUT2D eigenvalue weighted by atomic mass is 10.1. The number of urea groups is 1. The van der Waals surface area contributed by atoms with E-state index in [0.717, 1.165) is 23.5 Å². The number of ether oxygens (including phenoxy) is 2. The average molecular weight is 318 g/mol. The van der Waals surface area contributed by atoms with Crippen LogP contribution in [0.3, 0.4) is 0 Å². The van der Waals surface area contributed by atoms with Crippen molar-refractivity contribution in [3.8, 4) is 11.5 Å². The van der Waals surface area contributed by atoms with Crippen LogP contribution in [0.4, 0.5) is 4.79 Å². The summed E-state index contributed by atoms with van der Waals surface area (Å²) in [7, 11) is 0. The lowest BCUT2D eigenvalue weighted by Crippen LogP contribution is -2.41. The second-order valence-corrected chi connectivity index (χ2v) is 6.03. The molecule has 0 aliphatic carbocycles. The molecular formula is C16H18N2O3S. The molecule has 1 aromatic carbocycles. The predicted molar refractivity (Wildman–Crippen MR) is 85.4 cm³/mol. The van der Waals surface area contributed by atoms with Gasteiger partial charge in [-0.15, -0.1) is 0 Å². The van der Waals surface area contributed by atoms with E-state index in [2.05, 4.69) is 22.1 Å². The minimum absolute atomic E-state index is 0.0892. The van der Waals surface area contributed by atoms with E-state index in [0.29, 0.717) is 6.54 Å². The van der Waals surface area contributed by atoms with Crippen LogP contribution in [0.5, 0.6) is 11.5 Å². The lowest BCUT2D eigenvalue weighted by molar-refractivity contribution is 0.174. The molecule has 0 fully saturated rings. The third-order valence-corrected chi connectivity index (χ3v) is 4.12. The first-order chi connectivity index (χ1) is 10.7. The first-order valence-electron chi connectivity index (χ1n) is 7.14. The van der Waals surface area contributed by atoms with Crippen molar-refractivity contribution in [1.29, 1.82) is 0 Å². The second-order valence-electron chi connectivity index (χ2n) is 5.25. The summed E-state index contributed by atoms with van der Waals surface area (Å²) in [5.74, 6) is 1.48. The molecule has 116 valence electrons. The van der Waals surface area contributed by atoms with Crippen LogP contribution in [0, 0.1) is 0 Å². The maximum absolute atomic E-state index is 11.9. The van der Waals surface area contributed by atoms with Crippen molar-refractivity contribution in [2.24, 2.45) is 0 Å². The van der Waals surface area contributed by atoms with Crippen molar-refractivity contribution < 1.29 is 14.3 Å². The molecule has 2 heterocycles. The van der Waals surface area contributed by atoms with E-state index in [-0.39, 0.29) is 18.9 Å². The van der Waals surface area contributed by atoms with E-state index < -0.39 is 0 Å². The van der Waals surface area contributed by atoms with Crippen LogP contribution in [0.15, 0.2) is 35.0 Å².